The average molecular weight is 319 g/mol. The standard InChI is InChI=1S/C21H25N3/c1-16-19(20-6-2-3-7-21(20)24-16)12-14-23-15-18-10-8-17(9-11-18)5-4-13-22/h2-11,23-24H,12-15,22H2,1H3/b5-4+. The molecule has 24 heavy (non-hydrogen) atoms. The summed E-state index contributed by atoms with van der Waals surface area (Å²) in [7, 11) is 0. The lowest BCUT2D eigenvalue weighted by molar-refractivity contribution is 0.687. The third-order valence-electron chi connectivity index (χ3n) is 4.33. The highest BCUT2D eigenvalue weighted by atomic mass is 14.8. The summed E-state index contributed by atoms with van der Waals surface area (Å²) in [5.41, 5.74) is 11.9. The van der Waals surface area contributed by atoms with E-state index in [1.807, 2.05) is 6.08 Å². The van der Waals surface area contributed by atoms with Crippen molar-refractivity contribution in [2.75, 3.05) is 13.1 Å². The van der Waals surface area contributed by atoms with Crippen molar-refractivity contribution >= 4 is 17.0 Å². The van der Waals surface area contributed by atoms with Gasteiger partial charge in [-0.25, -0.2) is 0 Å². The molecule has 0 fully saturated rings. The van der Waals surface area contributed by atoms with Crippen LogP contribution in [0.3, 0.4) is 0 Å². The Labute approximate surface area is 143 Å². The molecule has 3 aromatic rings. The van der Waals surface area contributed by atoms with E-state index in [9.17, 15) is 0 Å². The van der Waals surface area contributed by atoms with Gasteiger partial charge in [-0.3, -0.25) is 0 Å². The molecule has 124 valence electrons. The quantitative estimate of drug-likeness (QED) is 0.581. The SMILES string of the molecule is Cc1[nH]c2ccccc2c1CCNCc1ccc(/C=C/CN)cc1. The molecule has 0 aliphatic heterocycles. The number of aromatic nitrogens is 1. The Hall–Kier alpha value is -2.36. The topological polar surface area (TPSA) is 53.8 Å². The Bertz CT molecular complexity index is 813. The second-order valence-electron chi connectivity index (χ2n) is 6.08. The monoisotopic (exact) mass is 319 g/mol. The molecule has 2 aromatic carbocycles. The van der Waals surface area contributed by atoms with Crippen molar-refractivity contribution in [3.8, 4) is 0 Å². The van der Waals surface area contributed by atoms with Crippen molar-refractivity contribution in [2.45, 2.75) is 19.9 Å². The lowest BCUT2D eigenvalue weighted by atomic mass is 10.1. The Morgan fingerprint density at radius 1 is 1.08 bits per heavy atom. The molecule has 0 saturated heterocycles. The molecule has 3 nitrogen and oxygen atoms in total. The number of hydrogen-bond donors (Lipinski definition) is 3. The maximum atomic E-state index is 5.47. The van der Waals surface area contributed by atoms with E-state index in [1.165, 1.54) is 33.3 Å². The second kappa shape index (κ2) is 7.95. The summed E-state index contributed by atoms with van der Waals surface area (Å²) >= 11 is 0. The van der Waals surface area contributed by atoms with Crippen LogP contribution >= 0.6 is 0 Å². The number of hydrogen-bond acceptors (Lipinski definition) is 2. The van der Waals surface area contributed by atoms with Crippen LogP contribution in [0.2, 0.25) is 0 Å². The number of para-hydroxylation sites is 1. The molecule has 0 aliphatic carbocycles. The number of benzene rings is 2. The molecule has 0 radical (unpaired) electrons. The van der Waals surface area contributed by atoms with Gasteiger partial charge in [0, 0.05) is 29.7 Å². The van der Waals surface area contributed by atoms with Crippen molar-refractivity contribution in [2.24, 2.45) is 5.73 Å². The van der Waals surface area contributed by atoms with Crippen LogP contribution in [0.4, 0.5) is 0 Å². The number of aryl methyl sites for hydroxylation is 1. The van der Waals surface area contributed by atoms with E-state index in [0.717, 1.165) is 19.5 Å². The maximum absolute atomic E-state index is 5.47. The van der Waals surface area contributed by atoms with Gasteiger partial charge in [0.1, 0.15) is 0 Å². The molecule has 1 aromatic heterocycles. The Morgan fingerprint density at radius 2 is 1.88 bits per heavy atom. The molecule has 4 N–H and O–H groups in total. The molecule has 0 amide bonds. The van der Waals surface area contributed by atoms with Crippen LogP contribution in [0.15, 0.2) is 54.6 Å². The zero-order valence-corrected chi connectivity index (χ0v) is 14.2. The van der Waals surface area contributed by atoms with Gasteiger partial charge in [0.05, 0.1) is 0 Å². The first-order valence-electron chi connectivity index (χ1n) is 8.50. The van der Waals surface area contributed by atoms with Gasteiger partial charge in [0.2, 0.25) is 0 Å². The minimum Gasteiger partial charge on any atom is -0.358 e. The van der Waals surface area contributed by atoms with Gasteiger partial charge in [0.15, 0.2) is 0 Å². The minimum atomic E-state index is 0.580. The third-order valence-corrected chi connectivity index (χ3v) is 4.33. The number of rotatable bonds is 7. The van der Waals surface area contributed by atoms with Crippen LogP contribution in [0.5, 0.6) is 0 Å². The van der Waals surface area contributed by atoms with E-state index in [2.05, 4.69) is 71.8 Å². The number of H-pyrrole nitrogens is 1. The molecule has 0 bridgehead atoms. The zero-order valence-electron chi connectivity index (χ0n) is 14.2. The summed E-state index contributed by atoms with van der Waals surface area (Å²) in [4.78, 5) is 3.47. The molecule has 3 heteroatoms. The van der Waals surface area contributed by atoms with Crippen molar-refractivity contribution < 1.29 is 0 Å². The molecule has 0 aliphatic rings. The van der Waals surface area contributed by atoms with Gasteiger partial charge in [-0.05, 0) is 42.6 Å². The van der Waals surface area contributed by atoms with Crippen LogP contribution < -0.4 is 11.1 Å². The molecular formula is C21H25N3. The predicted octanol–water partition coefficient (Wildman–Crippen LogP) is 3.78. The summed E-state index contributed by atoms with van der Waals surface area (Å²) in [6, 6.07) is 17.1. The van der Waals surface area contributed by atoms with Gasteiger partial charge >= 0.3 is 0 Å². The number of fused-ring (bicyclic) bond motifs is 1. The van der Waals surface area contributed by atoms with Gasteiger partial charge in [-0.15, -0.1) is 0 Å². The van der Waals surface area contributed by atoms with Gasteiger partial charge in [-0.2, -0.15) is 0 Å². The Kier molecular flexibility index (Phi) is 5.47. The summed E-state index contributed by atoms with van der Waals surface area (Å²) < 4.78 is 0. The van der Waals surface area contributed by atoms with Crippen LogP contribution in [0.25, 0.3) is 17.0 Å². The van der Waals surface area contributed by atoms with Crippen molar-refractivity contribution in [1.29, 1.82) is 0 Å². The second-order valence-corrected chi connectivity index (χ2v) is 6.08. The zero-order chi connectivity index (χ0) is 16.8. The number of nitrogens with one attached hydrogen (secondary N) is 2. The van der Waals surface area contributed by atoms with E-state index in [4.69, 9.17) is 5.73 Å². The van der Waals surface area contributed by atoms with E-state index in [1.54, 1.807) is 0 Å². The predicted molar refractivity (Wildman–Crippen MR) is 103 cm³/mol. The summed E-state index contributed by atoms with van der Waals surface area (Å²) in [6.45, 7) is 4.60. The molecule has 0 spiro atoms. The summed E-state index contributed by atoms with van der Waals surface area (Å²) in [5, 5.41) is 4.88. The maximum Gasteiger partial charge on any atom is 0.0458 e. The first-order chi connectivity index (χ1) is 11.8. The smallest absolute Gasteiger partial charge is 0.0458 e. The highest BCUT2D eigenvalue weighted by Crippen LogP contribution is 2.21. The molecular weight excluding hydrogens is 294 g/mol. The third kappa shape index (κ3) is 3.94. The summed E-state index contributed by atoms with van der Waals surface area (Å²) in [6.07, 6.45) is 5.06. The first-order valence-corrected chi connectivity index (χ1v) is 8.50. The van der Waals surface area contributed by atoms with Crippen LogP contribution in [0.1, 0.15) is 22.4 Å². The normalized spacial score (nSPS) is 11.6. The lowest BCUT2D eigenvalue weighted by Crippen LogP contribution is -2.16. The summed E-state index contributed by atoms with van der Waals surface area (Å²) in [5.74, 6) is 0. The average Bonchev–Trinajstić information content (AvgIpc) is 2.93. The van der Waals surface area contributed by atoms with Gasteiger partial charge < -0.3 is 16.0 Å². The molecule has 0 unspecified atom stereocenters. The van der Waals surface area contributed by atoms with E-state index >= 15 is 0 Å². The first kappa shape index (κ1) is 16.5. The highest BCUT2D eigenvalue weighted by molar-refractivity contribution is 5.84. The van der Waals surface area contributed by atoms with Crippen molar-refractivity contribution in [3.05, 3.63) is 77.0 Å². The minimum absolute atomic E-state index is 0.580. The fourth-order valence-corrected chi connectivity index (χ4v) is 3.05. The molecule has 1 heterocycles. The molecule has 3 rings (SSSR count). The Morgan fingerprint density at radius 3 is 2.67 bits per heavy atom. The van der Waals surface area contributed by atoms with Gasteiger partial charge in [0.25, 0.3) is 0 Å². The van der Waals surface area contributed by atoms with E-state index in [-0.39, 0.29) is 0 Å². The largest absolute Gasteiger partial charge is 0.358 e. The number of aromatic amines is 1. The lowest BCUT2D eigenvalue weighted by Gasteiger charge is -2.06. The fourth-order valence-electron chi connectivity index (χ4n) is 3.05. The van der Waals surface area contributed by atoms with Crippen molar-refractivity contribution in [1.82, 2.24) is 10.3 Å². The highest BCUT2D eigenvalue weighted by Gasteiger charge is 2.06. The van der Waals surface area contributed by atoms with Crippen LogP contribution in [-0.2, 0) is 13.0 Å². The van der Waals surface area contributed by atoms with Gasteiger partial charge in [-0.1, -0.05) is 54.6 Å². The van der Waals surface area contributed by atoms with Crippen molar-refractivity contribution in [3.63, 3.8) is 0 Å². The molecule has 0 saturated carbocycles. The number of nitrogens with two attached hydrogens (primary N) is 1. The van der Waals surface area contributed by atoms with Crippen LogP contribution in [-0.4, -0.2) is 18.1 Å². The van der Waals surface area contributed by atoms with Crippen LogP contribution in [0, 0.1) is 6.92 Å². The van der Waals surface area contributed by atoms with E-state index < -0.39 is 0 Å². The molecule has 0 atom stereocenters. The fraction of sp³-hybridized carbons (Fsp3) is 0.238. The van der Waals surface area contributed by atoms with E-state index in [0.29, 0.717) is 6.54 Å². The Balaban J connectivity index is 1.53.